The van der Waals surface area contributed by atoms with E-state index < -0.39 is 24.4 Å². The van der Waals surface area contributed by atoms with Crippen LogP contribution < -0.4 is 9.47 Å². The minimum Gasteiger partial charge on any atom is -0.475 e. The zero-order chi connectivity index (χ0) is 17.3. The Balaban J connectivity index is 2.48. The average Bonchev–Trinajstić information content (AvgIpc) is 2.41. The molecule has 1 aromatic carbocycles. The van der Waals surface area contributed by atoms with Gasteiger partial charge < -0.3 is 9.47 Å². The van der Waals surface area contributed by atoms with Crippen molar-refractivity contribution in [1.29, 1.82) is 0 Å². The summed E-state index contributed by atoms with van der Waals surface area (Å²) in [4.78, 5) is 0. The fourth-order valence-electron chi connectivity index (χ4n) is 1.88. The minimum atomic E-state index is -4.92. The topological polar surface area (TPSA) is 18.5 Å². The van der Waals surface area contributed by atoms with Gasteiger partial charge in [-0.05, 0) is 18.2 Å². The molecule has 23 heavy (non-hydrogen) atoms. The zero-order valence-corrected chi connectivity index (χ0v) is 11.7. The van der Waals surface area contributed by atoms with Gasteiger partial charge in [0, 0.05) is 12.0 Å². The molecule has 0 spiro atoms. The molecule has 0 amide bonds. The highest BCUT2D eigenvalue weighted by molar-refractivity contribution is 5.68. The molecule has 1 unspecified atom stereocenters. The van der Waals surface area contributed by atoms with E-state index in [-0.39, 0.29) is 16.9 Å². The summed E-state index contributed by atoms with van der Waals surface area (Å²) in [6, 6.07) is 1.85. The molecule has 1 aliphatic heterocycles. The third-order valence-corrected chi connectivity index (χ3v) is 2.74. The van der Waals surface area contributed by atoms with Crippen LogP contribution >= 0.6 is 0 Å². The lowest BCUT2D eigenvalue weighted by Gasteiger charge is -2.25. The second-order valence-electron chi connectivity index (χ2n) is 4.53. The molecular formula is C15H10F6O2. The van der Waals surface area contributed by atoms with Gasteiger partial charge in [0.1, 0.15) is 11.5 Å². The second-order valence-corrected chi connectivity index (χ2v) is 4.53. The van der Waals surface area contributed by atoms with Gasteiger partial charge in [-0.1, -0.05) is 24.8 Å². The van der Waals surface area contributed by atoms with Crippen molar-refractivity contribution in [2.45, 2.75) is 32.0 Å². The molecule has 8 heteroatoms. The third-order valence-electron chi connectivity index (χ3n) is 2.74. The number of ether oxygens (including phenoxy) is 2. The number of rotatable bonds is 1. The minimum absolute atomic E-state index is 0.0349. The fourth-order valence-corrected chi connectivity index (χ4v) is 1.88. The molecule has 0 aliphatic carbocycles. The third kappa shape index (κ3) is 4.34. The molecule has 0 saturated heterocycles. The van der Waals surface area contributed by atoms with Gasteiger partial charge in [0.05, 0.1) is 5.56 Å². The van der Waals surface area contributed by atoms with Gasteiger partial charge in [0.15, 0.2) is 0 Å². The van der Waals surface area contributed by atoms with Crippen LogP contribution in [-0.4, -0.2) is 18.6 Å². The second kappa shape index (κ2) is 6.07. The summed E-state index contributed by atoms with van der Waals surface area (Å²) in [6.45, 7) is 1.69. The molecule has 124 valence electrons. The summed E-state index contributed by atoms with van der Waals surface area (Å²) in [5.74, 6) is 4.29. The van der Waals surface area contributed by atoms with Crippen LogP contribution in [0.1, 0.15) is 24.5 Å². The fraction of sp³-hybridized carbons (Fsp3) is 0.333. The first-order valence-electron chi connectivity index (χ1n) is 6.44. The number of fused-ring (bicyclic) bond motifs is 1. The Morgan fingerprint density at radius 1 is 1.17 bits per heavy atom. The average molecular weight is 336 g/mol. The highest BCUT2D eigenvalue weighted by Gasteiger charge is 2.42. The van der Waals surface area contributed by atoms with Crippen LogP contribution in [0, 0.1) is 11.8 Å². The van der Waals surface area contributed by atoms with Crippen molar-refractivity contribution in [2.24, 2.45) is 0 Å². The van der Waals surface area contributed by atoms with Gasteiger partial charge >= 0.3 is 12.5 Å². The van der Waals surface area contributed by atoms with Gasteiger partial charge in [-0.3, -0.25) is 0 Å². The zero-order valence-electron chi connectivity index (χ0n) is 11.7. The van der Waals surface area contributed by atoms with Crippen LogP contribution in [0.3, 0.4) is 0 Å². The molecule has 2 nitrogen and oxygen atoms in total. The van der Waals surface area contributed by atoms with E-state index in [1.54, 1.807) is 6.92 Å². The first-order valence-corrected chi connectivity index (χ1v) is 6.44. The predicted molar refractivity (Wildman–Crippen MR) is 69.8 cm³/mol. The summed E-state index contributed by atoms with van der Waals surface area (Å²) < 4.78 is 83.8. The van der Waals surface area contributed by atoms with E-state index in [2.05, 4.69) is 16.6 Å². The molecular weight excluding hydrogens is 326 g/mol. The molecule has 0 N–H and O–H groups in total. The number of alkyl halides is 6. The molecule has 0 saturated carbocycles. The maximum Gasteiger partial charge on any atom is 0.573 e. The SMILES string of the molecule is CCC#Cc1cc(OC(F)(F)F)cc2c1OC(C(F)(F)F)C=C2. The van der Waals surface area contributed by atoms with Crippen molar-refractivity contribution < 1.29 is 35.8 Å². The summed E-state index contributed by atoms with van der Waals surface area (Å²) in [7, 11) is 0. The molecule has 0 fully saturated rings. The van der Waals surface area contributed by atoms with E-state index >= 15 is 0 Å². The number of hydrogen-bond acceptors (Lipinski definition) is 2. The normalized spacial score (nSPS) is 16.9. The summed E-state index contributed by atoms with van der Waals surface area (Å²) in [6.07, 6.45) is -9.60. The molecule has 1 heterocycles. The smallest absolute Gasteiger partial charge is 0.475 e. The molecule has 0 radical (unpaired) electrons. The van der Waals surface area contributed by atoms with E-state index in [9.17, 15) is 26.3 Å². The van der Waals surface area contributed by atoms with Crippen LogP contribution in [0.25, 0.3) is 6.08 Å². The monoisotopic (exact) mass is 336 g/mol. The van der Waals surface area contributed by atoms with E-state index in [0.717, 1.165) is 24.3 Å². The van der Waals surface area contributed by atoms with Gasteiger partial charge in [-0.2, -0.15) is 13.2 Å². The molecule has 2 rings (SSSR count). The van der Waals surface area contributed by atoms with E-state index in [4.69, 9.17) is 4.74 Å². The predicted octanol–water partition coefficient (Wildman–Crippen LogP) is 4.68. The molecule has 0 bridgehead atoms. The molecule has 1 aromatic rings. The largest absolute Gasteiger partial charge is 0.573 e. The molecule has 1 atom stereocenters. The Morgan fingerprint density at radius 3 is 2.43 bits per heavy atom. The maximum atomic E-state index is 12.7. The Labute approximate surface area is 127 Å². The maximum absolute atomic E-state index is 12.7. The van der Waals surface area contributed by atoms with Crippen molar-refractivity contribution in [3.8, 4) is 23.3 Å². The number of halogens is 6. The van der Waals surface area contributed by atoms with Crippen LogP contribution in [0.4, 0.5) is 26.3 Å². The summed E-state index contributed by atoms with van der Waals surface area (Å²) in [5.41, 5.74) is -0.0603. The van der Waals surface area contributed by atoms with Gasteiger partial charge in [-0.15, -0.1) is 13.2 Å². The van der Waals surface area contributed by atoms with Crippen LogP contribution in [-0.2, 0) is 0 Å². The lowest BCUT2D eigenvalue weighted by atomic mass is 10.0. The van der Waals surface area contributed by atoms with Crippen LogP contribution in [0.15, 0.2) is 18.2 Å². The lowest BCUT2D eigenvalue weighted by Crippen LogP contribution is -2.34. The van der Waals surface area contributed by atoms with Crippen molar-refractivity contribution in [1.82, 2.24) is 0 Å². The van der Waals surface area contributed by atoms with E-state index in [1.165, 1.54) is 0 Å². The quantitative estimate of drug-likeness (QED) is 0.547. The Kier molecular flexibility index (Phi) is 4.50. The molecule has 1 aliphatic rings. The van der Waals surface area contributed by atoms with E-state index in [0.29, 0.717) is 6.42 Å². The van der Waals surface area contributed by atoms with Crippen LogP contribution in [0.5, 0.6) is 11.5 Å². The first-order chi connectivity index (χ1) is 10.6. The summed E-state index contributed by atoms with van der Waals surface area (Å²) in [5, 5.41) is 0. The Hall–Kier alpha value is -2.30. The van der Waals surface area contributed by atoms with Gasteiger partial charge in [-0.25, -0.2) is 0 Å². The molecule has 0 aromatic heterocycles. The number of benzene rings is 1. The standard InChI is InChI=1S/C15H10F6O2/c1-2-3-4-9-7-11(23-15(19,20)21)8-10-5-6-12(14(16,17)18)22-13(9)10/h5-8,12H,2H2,1H3. The van der Waals surface area contributed by atoms with Crippen molar-refractivity contribution in [3.05, 3.63) is 29.3 Å². The van der Waals surface area contributed by atoms with Gasteiger partial charge in [0.2, 0.25) is 6.10 Å². The van der Waals surface area contributed by atoms with Crippen molar-refractivity contribution in [3.63, 3.8) is 0 Å². The van der Waals surface area contributed by atoms with Crippen molar-refractivity contribution in [2.75, 3.05) is 0 Å². The number of hydrogen-bond donors (Lipinski definition) is 0. The van der Waals surface area contributed by atoms with E-state index in [1.807, 2.05) is 0 Å². The highest BCUT2D eigenvalue weighted by Crippen LogP contribution is 2.38. The Morgan fingerprint density at radius 2 is 1.87 bits per heavy atom. The lowest BCUT2D eigenvalue weighted by molar-refractivity contribution is -0.274. The van der Waals surface area contributed by atoms with Crippen LogP contribution in [0.2, 0.25) is 0 Å². The Bertz CT molecular complexity index is 676. The summed E-state index contributed by atoms with van der Waals surface area (Å²) >= 11 is 0. The highest BCUT2D eigenvalue weighted by atomic mass is 19.4. The van der Waals surface area contributed by atoms with Gasteiger partial charge in [0.25, 0.3) is 0 Å². The first kappa shape index (κ1) is 17.1. The van der Waals surface area contributed by atoms with Crippen molar-refractivity contribution >= 4 is 6.08 Å².